The fourth-order valence-corrected chi connectivity index (χ4v) is 4.19. The summed E-state index contributed by atoms with van der Waals surface area (Å²) in [6.45, 7) is 1.96. The van der Waals surface area contributed by atoms with Crippen LogP contribution in [0.3, 0.4) is 0 Å². The average molecular weight is 481 g/mol. The summed E-state index contributed by atoms with van der Waals surface area (Å²) >= 11 is 1.44. The lowest BCUT2D eigenvalue weighted by Gasteiger charge is -2.16. The molecule has 1 atom stereocenters. The molecule has 34 heavy (non-hydrogen) atoms. The molecule has 0 saturated heterocycles. The van der Waals surface area contributed by atoms with Gasteiger partial charge in [0.2, 0.25) is 5.91 Å². The largest absolute Gasteiger partial charge is 0.497 e. The van der Waals surface area contributed by atoms with Crippen LogP contribution in [0.15, 0.2) is 71.6 Å². The third kappa shape index (κ3) is 6.68. The third-order valence-corrected chi connectivity index (χ3v) is 6.36. The first-order valence-corrected chi connectivity index (χ1v) is 11.6. The number of hydrogen-bond acceptors (Lipinski definition) is 6. The lowest BCUT2D eigenvalue weighted by molar-refractivity contribution is -0.115. The van der Waals surface area contributed by atoms with E-state index in [0.29, 0.717) is 40.6 Å². The van der Waals surface area contributed by atoms with E-state index in [-0.39, 0.29) is 17.1 Å². The molecule has 1 unspecified atom stereocenters. The van der Waals surface area contributed by atoms with Crippen molar-refractivity contribution >= 4 is 35.0 Å². The molecule has 2 amide bonds. The summed E-state index contributed by atoms with van der Waals surface area (Å²) in [5.41, 5.74) is 1.78. The molecular weight excluding hydrogens is 452 g/mol. The number of ether oxygens (including phenoxy) is 3. The van der Waals surface area contributed by atoms with E-state index in [1.54, 1.807) is 63.8 Å². The highest BCUT2D eigenvalue weighted by Gasteiger charge is 2.19. The molecular formula is C26H28N2O5S. The molecule has 0 radical (unpaired) electrons. The van der Waals surface area contributed by atoms with Gasteiger partial charge < -0.3 is 24.8 Å². The highest BCUT2D eigenvalue weighted by Crippen LogP contribution is 2.30. The number of rotatable bonds is 10. The Morgan fingerprint density at radius 2 is 1.44 bits per heavy atom. The van der Waals surface area contributed by atoms with Crippen molar-refractivity contribution in [1.29, 1.82) is 0 Å². The summed E-state index contributed by atoms with van der Waals surface area (Å²) in [7, 11) is 4.70. The van der Waals surface area contributed by atoms with Crippen molar-refractivity contribution in [3.8, 4) is 17.2 Å². The molecule has 0 aromatic heterocycles. The van der Waals surface area contributed by atoms with Crippen LogP contribution in [-0.4, -0.2) is 38.4 Å². The van der Waals surface area contributed by atoms with E-state index in [1.807, 2.05) is 31.2 Å². The van der Waals surface area contributed by atoms with Gasteiger partial charge in [0.25, 0.3) is 5.91 Å². The molecule has 0 spiro atoms. The minimum absolute atomic E-state index is 0.129. The van der Waals surface area contributed by atoms with Gasteiger partial charge in [0.1, 0.15) is 17.2 Å². The molecule has 178 valence electrons. The number of nitrogens with one attached hydrogen (secondary N) is 2. The molecule has 3 rings (SSSR count). The van der Waals surface area contributed by atoms with Gasteiger partial charge in [0, 0.05) is 40.0 Å². The van der Waals surface area contributed by atoms with Crippen LogP contribution in [0.4, 0.5) is 11.4 Å². The SMILES string of the molecule is CCC(Sc1cccc(NC(=O)c2ccc(OC)cc2)c1)C(=O)Nc1cc(OC)cc(OC)c1. The zero-order valence-electron chi connectivity index (χ0n) is 19.6. The highest BCUT2D eigenvalue weighted by molar-refractivity contribution is 8.00. The topological polar surface area (TPSA) is 85.9 Å². The second-order valence-corrected chi connectivity index (χ2v) is 8.59. The first kappa shape index (κ1) is 25.0. The summed E-state index contributed by atoms with van der Waals surface area (Å²) in [6, 6.07) is 19.6. The van der Waals surface area contributed by atoms with Crippen molar-refractivity contribution in [2.45, 2.75) is 23.5 Å². The van der Waals surface area contributed by atoms with Gasteiger partial charge in [0.15, 0.2) is 0 Å². The van der Waals surface area contributed by atoms with Crippen molar-refractivity contribution in [2.75, 3.05) is 32.0 Å². The zero-order chi connectivity index (χ0) is 24.5. The number of thioether (sulfide) groups is 1. The Hall–Kier alpha value is -3.65. The maximum Gasteiger partial charge on any atom is 0.255 e. The molecule has 3 aromatic rings. The van der Waals surface area contributed by atoms with Gasteiger partial charge in [-0.15, -0.1) is 11.8 Å². The van der Waals surface area contributed by atoms with Crippen LogP contribution in [0.25, 0.3) is 0 Å². The van der Waals surface area contributed by atoms with Gasteiger partial charge in [-0.1, -0.05) is 13.0 Å². The van der Waals surface area contributed by atoms with Gasteiger partial charge in [-0.2, -0.15) is 0 Å². The minimum Gasteiger partial charge on any atom is -0.497 e. The fourth-order valence-electron chi connectivity index (χ4n) is 3.18. The Kier molecular flexibility index (Phi) is 8.81. The van der Waals surface area contributed by atoms with Crippen LogP contribution in [0.2, 0.25) is 0 Å². The van der Waals surface area contributed by atoms with E-state index in [1.165, 1.54) is 11.8 Å². The predicted octanol–water partition coefficient (Wildman–Crippen LogP) is 5.47. The van der Waals surface area contributed by atoms with Crippen molar-refractivity contribution in [2.24, 2.45) is 0 Å². The van der Waals surface area contributed by atoms with E-state index >= 15 is 0 Å². The number of methoxy groups -OCH3 is 3. The van der Waals surface area contributed by atoms with E-state index in [4.69, 9.17) is 14.2 Å². The van der Waals surface area contributed by atoms with Gasteiger partial charge in [-0.25, -0.2) is 0 Å². The quantitative estimate of drug-likeness (QED) is 0.374. The summed E-state index contributed by atoms with van der Waals surface area (Å²) in [5, 5.41) is 5.51. The first-order chi connectivity index (χ1) is 16.4. The van der Waals surface area contributed by atoms with Crippen LogP contribution < -0.4 is 24.8 Å². The molecule has 2 N–H and O–H groups in total. The molecule has 3 aromatic carbocycles. The monoisotopic (exact) mass is 480 g/mol. The number of amides is 2. The van der Waals surface area contributed by atoms with Crippen LogP contribution in [0, 0.1) is 0 Å². The van der Waals surface area contributed by atoms with Crippen LogP contribution in [0.5, 0.6) is 17.2 Å². The highest BCUT2D eigenvalue weighted by atomic mass is 32.2. The second-order valence-electron chi connectivity index (χ2n) is 7.32. The molecule has 0 fully saturated rings. The maximum absolute atomic E-state index is 13.0. The third-order valence-electron chi connectivity index (χ3n) is 5.00. The lowest BCUT2D eigenvalue weighted by Crippen LogP contribution is -2.24. The van der Waals surface area contributed by atoms with Gasteiger partial charge in [-0.05, 0) is 48.9 Å². The van der Waals surface area contributed by atoms with Crippen molar-refractivity contribution in [1.82, 2.24) is 0 Å². The zero-order valence-corrected chi connectivity index (χ0v) is 20.4. The Morgan fingerprint density at radius 1 is 0.794 bits per heavy atom. The van der Waals surface area contributed by atoms with Gasteiger partial charge in [-0.3, -0.25) is 9.59 Å². The Morgan fingerprint density at radius 3 is 2.03 bits per heavy atom. The summed E-state index contributed by atoms with van der Waals surface area (Å²) in [6.07, 6.45) is 0.625. The number of hydrogen-bond donors (Lipinski definition) is 2. The van der Waals surface area contributed by atoms with Gasteiger partial charge in [0.05, 0.1) is 26.6 Å². The lowest BCUT2D eigenvalue weighted by atomic mass is 10.2. The van der Waals surface area contributed by atoms with Crippen LogP contribution >= 0.6 is 11.8 Å². The molecule has 0 heterocycles. The summed E-state index contributed by atoms with van der Waals surface area (Å²) in [5.74, 6) is 1.52. The van der Waals surface area contributed by atoms with E-state index in [2.05, 4.69) is 10.6 Å². The number of benzene rings is 3. The molecule has 7 nitrogen and oxygen atoms in total. The van der Waals surface area contributed by atoms with Crippen molar-refractivity contribution in [3.63, 3.8) is 0 Å². The number of anilines is 2. The maximum atomic E-state index is 13.0. The molecule has 8 heteroatoms. The van der Waals surface area contributed by atoms with E-state index in [0.717, 1.165) is 4.90 Å². The van der Waals surface area contributed by atoms with E-state index < -0.39 is 0 Å². The smallest absolute Gasteiger partial charge is 0.255 e. The molecule has 0 aliphatic carbocycles. The standard InChI is InChI=1S/C26H28N2O5S/c1-5-24(26(30)28-19-13-21(32-3)16-22(14-19)33-4)34-23-8-6-7-18(15-23)27-25(29)17-9-11-20(31-2)12-10-17/h6-16,24H,5H2,1-4H3,(H,27,29)(H,28,30). The molecule has 0 aliphatic heterocycles. The number of carbonyl (C=O) groups excluding carboxylic acids is 2. The molecule has 0 saturated carbocycles. The Balaban J connectivity index is 1.67. The summed E-state index contributed by atoms with van der Waals surface area (Å²) < 4.78 is 15.7. The fraction of sp³-hybridized carbons (Fsp3) is 0.231. The predicted molar refractivity (Wildman–Crippen MR) is 136 cm³/mol. The molecule has 0 aliphatic rings. The first-order valence-electron chi connectivity index (χ1n) is 10.7. The van der Waals surface area contributed by atoms with Crippen molar-refractivity contribution < 1.29 is 23.8 Å². The molecule has 0 bridgehead atoms. The normalized spacial score (nSPS) is 11.3. The van der Waals surface area contributed by atoms with Crippen LogP contribution in [-0.2, 0) is 4.79 Å². The average Bonchev–Trinajstić information content (AvgIpc) is 2.87. The van der Waals surface area contributed by atoms with E-state index in [9.17, 15) is 9.59 Å². The Labute approximate surface area is 203 Å². The minimum atomic E-state index is -0.329. The Bertz CT molecular complexity index is 1110. The van der Waals surface area contributed by atoms with Crippen LogP contribution in [0.1, 0.15) is 23.7 Å². The van der Waals surface area contributed by atoms with Crippen molar-refractivity contribution in [3.05, 3.63) is 72.3 Å². The second kappa shape index (κ2) is 12.0. The van der Waals surface area contributed by atoms with Gasteiger partial charge >= 0.3 is 0 Å². The number of carbonyl (C=O) groups is 2. The summed E-state index contributed by atoms with van der Waals surface area (Å²) in [4.78, 5) is 26.4.